The van der Waals surface area contributed by atoms with E-state index in [0.29, 0.717) is 12.1 Å². The molecule has 5 heteroatoms. The highest BCUT2D eigenvalue weighted by atomic mass is 16.2. The number of hydrogen-bond acceptors (Lipinski definition) is 3. The molecule has 2 rings (SSSR count). The van der Waals surface area contributed by atoms with Crippen LogP contribution in [0.4, 0.5) is 11.4 Å². The van der Waals surface area contributed by atoms with Gasteiger partial charge in [0.1, 0.15) is 0 Å². The molecule has 1 aliphatic rings. The monoisotopic (exact) mass is 317 g/mol. The number of aryl methyl sites for hydroxylation is 1. The van der Waals surface area contributed by atoms with Crippen molar-refractivity contribution in [3.05, 3.63) is 23.8 Å². The predicted molar refractivity (Wildman–Crippen MR) is 93.2 cm³/mol. The molecule has 2 amide bonds. The number of benzene rings is 1. The van der Waals surface area contributed by atoms with E-state index in [0.717, 1.165) is 30.5 Å². The minimum atomic E-state index is -0.0850. The number of nitrogens with two attached hydrogens (primary N) is 1. The molecule has 0 bridgehead atoms. The van der Waals surface area contributed by atoms with Gasteiger partial charge in [-0.3, -0.25) is 9.59 Å². The van der Waals surface area contributed by atoms with Crippen LogP contribution in [-0.4, -0.2) is 17.9 Å². The fraction of sp³-hybridized carbons (Fsp3) is 0.556. The van der Waals surface area contributed by atoms with Gasteiger partial charge in [-0.15, -0.1) is 0 Å². The Morgan fingerprint density at radius 2 is 2.00 bits per heavy atom. The van der Waals surface area contributed by atoms with Crippen LogP contribution in [0.5, 0.6) is 0 Å². The van der Waals surface area contributed by atoms with Gasteiger partial charge in [-0.25, -0.2) is 0 Å². The lowest BCUT2D eigenvalue weighted by molar-refractivity contribution is -0.119. The Morgan fingerprint density at radius 3 is 2.61 bits per heavy atom. The molecule has 0 heterocycles. The van der Waals surface area contributed by atoms with E-state index < -0.39 is 0 Å². The fourth-order valence-corrected chi connectivity index (χ4v) is 2.88. The first kappa shape index (κ1) is 17.5. The second-order valence-electron chi connectivity index (χ2n) is 6.78. The summed E-state index contributed by atoms with van der Waals surface area (Å²) >= 11 is 0. The highest BCUT2D eigenvalue weighted by molar-refractivity contribution is 5.95. The maximum Gasteiger partial charge on any atom is 0.226 e. The lowest BCUT2D eigenvalue weighted by Gasteiger charge is -2.16. The van der Waals surface area contributed by atoms with Gasteiger partial charge in [0, 0.05) is 29.8 Å². The predicted octanol–water partition coefficient (Wildman–Crippen LogP) is 3.05. The molecule has 0 saturated heterocycles. The van der Waals surface area contributed by atoms with Gasteiger partial charge in [-0.1, -0.05) is 26.3 Å². The first-order valence-corrected chi connectivity index (χ1v) is 8.33. The van der Waals surface area contributed by atoms with Crippen molar-refractivity contribution in [1.82, 2.24) is 0 Å². The Bertz CT molecular complexity index is 584. The average Bonchev–Trinajstić information content (AvgIpc) is 2.87. The van der Waals surface area contributed by atoms with Crippen LogP contribution in [0, 0.1) is 18.8 Å². The molecular weight excluding hydrogens is 290 g/mol. The lowest BCUT2D eigenvalue weighted by atomic mass is 10.00. The summed E-state index contributed by atoms with van der Waals surface area (Å²) in [6, 6.07) is 5.69. The number of anilines is 2. The second-order valence-corrected chi connectivity index (χ2v) is 6.78. The Balaban J connectivity index is 2.01. The van der Waals surface area contributed by atoms with E-state index in [4.69, 9.17) is 5.73 Å². The number of carbonyl (C=O) groups excluding carboxylic acids is 2. The summed E-state index contributed by atoms with van der Waals surface area (Å²) in [7, 11) is 0. The van der Waals surface area contributed by atoms with Crippen molar-refractivity contribution in [2.24, 2.45) is 17.6 Å². The molecule has 1 aliphatic carbocycles. The largest absolute Gasteiger partial charge is 0.327 e. The van der Waals surface area contributed by atoms with Crippen molar-refractivity contribution >= 4 is 23.2 Å². The minimum absolute atomic E-state index is 0.0113. The van der Waals surface area contributed by atoms with Gasteiger partial charge >= 0.3 is 0 Å². The quantitative estimate of drug-likeness (QED) is 0.780. The van der Waals surface area contributed by atoms with Gasteiger partial charge < -0.3 is 16.4 Å². The van der Waals surface area contributed by atoms with Crippen LogP contribution >= 0.6 is 0 Å². The molecule has 0 aliphatic heterocycles. The van der Waals surface area contributed by atoms with Crippen LogP contribution in [0.1, 0.15) is 45.1 Å². The zero-order chi connectivity index (χ0) is 17.0. The lowest BCUT2D eigenvalue weighted by Crippen LogP contribution is -2.28. The summed E-state index contributed by atoms with van der Waals surface area (Å²) in [6.45, 7) is 5.62. The van der Waals surface area contributed by atoms with Gasteiger partial charge in [0.05, 0.1) is 0 Å². The topological polar surface area (TPSA) is 84.2 Å². The Kier molecular flexibility index (Phi) is 5.77. The molecule has 1 aromatic carbocycles. The third-order valence-electron chi connectivity index (χ3n) is 4.47. The third-order valence-corrected chi connectivity index (χ3v) is 4.47. The molecular formula is C18H27N3O2. The van der Waals surface area contributed by atoms with E-state index in [-0.39, 0.29) is 29.7 Å². The smallest absolute Gasteiger partial charge is 0.226 e. The van der Waals surface area contributed by atoms with Crippen LogP contribution < -0.4 is 16.4 Å². The summed E-state index contributed by atoms with van der Waals surface area (Å²) in [5, 5.41) is 5.81. The average molecular weight is 317 g/mol. The fourth-order valence-electron chi connectivity index (χ4n) is 2.88. The van der Waals surface area contributed by atoms with Gasteiger partial charge in [-0.05, 0) is 43.4 Å². The van der Waals surface area contributed by atoms with E-state index in [1.807, 2.05) is 39.0 Å². The van der Waals surface area contributed by atoms with Crippen molar-refractivity contribution < 1.29 is 9.59 Å². The van der Waals surface area contributed by atoms with Crippen molar-refractivity contribution in [2.75, 3.05) is 10.6 Å². The SMILES string of the molecule is Cc1ccc(NC(=O)C(C)C)cc1NC(=O)C[C@@H]1CCC[C@H]1N. The Morgan fingerprint density at radius 1 is 1.26 bits per heavy atom. The van der Waals surface area contributed by atoms with Gasteiger partial charge in [0.25, 0.3) is 0 Å². The van der Waals surface area contributed by atoms with Crippen LogP contribution in [0.25, 0.3) is 0 Å². The molecule has 0 radical (unpaired) electrons. The summed E-state index contributed by atoms with van der Waals surface area (Å²) in [5.74, 6) is 0.142. The molecule has 23 heavy (non-hydrogen) atoms. The third kappa shape index (κ3) is 4.79. The second kappa shape index (κ2) is 7.59. The van der Waals surface area contributed by atoms with E-state index in [9.17, 15) is 9.59 Å². The van der Waals surface area contributed by atoms with Gasteiger partial charge in [0.2, 0.25) is 11.8 Å². The molecule has 2 atom stereocenters. The highest BCUT2D eigenvalue weighted by Crippen LogP contribution is 2.28. The number of rotatable bonds is 5. The normalized spacial score (nSPS) is 20.6. The molecule has 4 N–H and O–H groups in total. The molecule has 1 aromatic rings. The zero-order valence-electron chi connectivity index (χ0n) is 14.2. The van der Waals surface area contributed by atoms with Crippen LogP contribution in [0.2, 0.25) is 0 Å². The number of hydrogen-bond donors (Lipinski definition) is 3. The summed E-state index contributed by atoms with van der Waals surface area (Å²) in [5.41, 5.74) is 8.43. The van der Waals surface area contributed by atoms with Crippen molar-refractivity contribution in [3.8, 4) is 0 Å². The summed E-state index contributed by atoms with van der Waals surface area (Å²) < 4.78 is 0. The van der Waals surface area contributed by atoms with Crippen LogP contribution in [0.3, 0.4) is 0 Å². The van der Waals surface area contributed by atoms with Crippen molar-refractivity contribution in [3.63, 3.8) is 0 Å². The molecule has 1 fully saturated rings. The Hall–Kier alpha value is -1.88. The molecule has 0 spiro atoms. The standard InChI is InChI=1S/C18H27N3O2/c1-11(2)18(23)20-14-8-7-12(3)16(10-14)21-17(22)9-13-5-4-6-15(13)19/h7-8,10-11,13,15H,4-6,9,19H2,1-3H3,(H,20,23)(H,21,22)/t13-,15+/m0/s1. The minimum Gasteiger partial charge on any atom is -0.327 e. The summed E-state index contributed by atoms with van der Waals surface area (Å²) in [6.07, 6.45) is 3.60. The van der Waals surface area contributed by atoms with Crippen LogP contribution in [-0.2, 0) is 9.59 Å². The zero-order valence-corrected chi connectivity index (χ0v) is 14.2. The first-order chi connectivity index (χ1) is 10.9. The molecule has 0 aromatic heterocycles. The first-order valence-electron chi connectivity index (χ1n) is 8.33. The maximum absolute atomic E-state index is 12.3. The Labute approximate surface area is 138 Å². The molecule has 0 unspecified atom stereocenters. The van der Waals surface area contributed by atoms with E-state index in [1.165, 1.54) is 0 Å². The van der Waals surface area contributed by atoms with Crippen LogP contribution in [0.15, 0.2) is 18.2 Å². The molecule has 5 nitrogen and oxygen atoms in total. The number of amides is 2. The van der Waals surface area contributed by atoms with Gasteiger partial charge in [0.15, 0.2) is 0 Å². The van der Waals surface area contributed by atoms with E-state index >= 15 is 0 Å². The summed E-state index contributed by atoms with van der Waals surface area (Å²) in [4.78, 5) is 24.0. The van der Waals surface area contributed by atoms with E-state index in [1.54, 1.807) is 0 Å². The molecule has 126 valence electrons. The van der Waals surface area contributed by atoms with Crippen molar-refractivity contribution in [1.29, 1.82) is 0 Å². The van der Waals surface area contributed by atoms with E-state index in [2.05, 4.69) is 10.6 Å². The number of nitrogens with one attached hydrogen (secondary N) is 2. The molecule has 1 saturated carbocycles. The maximum atomic E-state index is 12.3. The number of carbonyl (C=O) groups is 2. The highest BCUT2D eigenvalue weighted by Gasteiger charge is 2.26. The van der Waals surface area contributed by atoms with Crippen molar-refractivity contribution in [2.45, 2.75) is 52.5 Å². The van der Waals surface area contributed by atoms with Gasteiger partial charge in [-0.2, -0.15) is 0 Å².